The van der Waals surface area contributed by atoms with Crippen LogP contribution in [0.4, 0.5) is 10.5 Å². The van der Waals surface area contributed by atoms with E-state index < -0.39 is 11.7 Å². The van der Waals surface area contributed by atoms with Crippen molar-refractivity contribution in [2.45, 2.75) is 32.9 Å². The smallest absolute Gasteiger partial charge is 0.411 e. The van der Waals surface area contributed by atoms with Gasteiger partial charge < -0.3 is 10.1 Å². The third kappa shape index (κ3) is 3.63. The van der Waals surface area contributed by atoms with Crippen LogP contribution in [-0.4, -0.2) is 29.0 Å². The van der Waals surface area contributed by atoms with E-state index in [9.17, 15) is 9.59 Å². The third-order valence-corrected chi connectivity index (χ3v) is 2.93. The van der Waals surface area contributed by atoms with Gasteiger partial charge >= 0.3 is 6.09 Å². The molecule has 0 spiro atoms. The van der Waals surface area contributed by atoms with E-state index >= 15 is 0 Å². The molecule has 1 aromatic rings. The number of carbonyl (C=O) groups excluding carboxylic acids is 2. The van der Waals surface area contributed by atoms with E-state index in [4.69, 9.17) is 16.3 Å². The number of hydrogen-bond donors (Lipinski definition) is 1. The van der Waals surface area contributed by atoms with Crippen LogP contribution in [0.5, 0.6) is 0 Å². The molecule has 2 amide bonds. The Bertz CT molecular complexity index is 552. The number of ether oxygens (including phenoxy) is 1. The summed E-state index contributed by atoms with van der Waals surface area (Å²) in [5, 5.41) is 3.27. The Balaban J connectivity index is 2.23. The highest BCUT2D eigenvalue weighted by molar-refractivity contribution is 6.31. The molecule has 1 N–H and O–H groups in total. The number of hydrogen-bond acceptors (Lipinski definition) is 3. The molecule has 0 aromatic heterocycles. The summed E-state index contributed by atoms with van der Waals surface area (Å²) in [7, 11) is 0. The molecule has 0 saturated heterocycles. The Hall–Kier alpha value is -1.75. The molecule has 0 atom stereocenters. The zero-order valence-corrected chi connectivity index (χ0v) is 12.5. The monoisotopic (exact) mass is 296 g/mol. The number of fused-ring (bicyclic) bond motifs is 1. The zero-order chi connectivity index (χ0) is 14.9. The van der Waals surface area contributed by atoms with E-state index in [0.29, 0.717) is 17.3 Å². The maximum atomic E-state index is 12.1. The van der Waals surface area contributed by atoms with Crippen LogP contribution in [0.2, 0.25) is 5.02 Å². The first kappa shape index (κ1) is 14.7. The molecule has 0 saturated carbocycles. The molecule has 1 aliphatic rings. The highest BCUT2D eigenvalue weighted by Crippen LogP contribution is 2.25. The predicted molar refractivity (Wildman–Crippen MR) is 76.7 cm³/mol. The Labute approximate surface area is 122 Å². The van der Waals surface area contributed by atoms with Crippen molar-refractivity contribution in [3.05, 3.63) is 28.8 Å². The second-order valence-corrected chi connectivity index (χ2v) is 6.12. The van der Waals surface area contributed by atoms with Crippen molar-refractivity contribution in [3.8, 4) is 0 Å². The lowest BCUT2D eigenvalue weighted by Crippen LogP contribution is -2.39. The van der Waals surface area contributed by atoms with E-state index in [1.807, 2.05) is 0 Å². The largest absolute Gasteiger partial charge is 0.444 e. The summed E-state index contributed by atoms with van der Waals surface area (Å²) in [6.07, 6.45) is -0.504. The van der Waals surface area contributed by atoms with Crippen LogP contribution in [0.1, 0.15) is 26.3 Å². The van der Waals surface area contributed by atoms with Crippen LogP contribution >= 0.6 is 11.6 Å². The normalized spacial score (nSPS) is 15.2. The first-order chi connectivity index (χ1) is 9.24. The van der Waals surface area contributed by atoms with E-state index in [1.54, 1.807) is 39.0 Å². The fourth-order valence-corrected chi connectivity index (χ4v) is 2.06. The van der Waals surface area contributed by atoms with Gasteiger partial charge in [-0.25, -0.2) is 4.79 Å². The summed E-state index contributed by atoms with van der Waals surface area (Å²) in [5.41, 5.74) is 0.863. The SMILES string of the molecule is CC(C)(C)OC(=O)N1CC(=O)Nc2cc(Cl)ccc2C1. The molecule has 0 aliphatic carbocycles. The number of anilines is 1. The molecule has 0 radical (unpaired) electrons. The van der Waals surface area contributed by atoms with Crippen LogP contribution in [-0.2, 0) is 16.1 Å². The maximum Gasteiger partial charge on any atom is 0.411 e. The lowest BCUT2D eigenvalue weighted by molar-refractivity contribution is -0.117. The van der Waals surface area contributed by atoms with Gasteiger partial charge in [-0.1, -0.05) is 17.7 Å². The highest BCUT2D eigenvalue weighted by atomic mass is 35.5. The molecule has 1 heterocycles. The zero-order valence-electron chi connectivity index (χ0n) is 11.7. The van der Waals surface area contributed by atoms with Crippen molar-refractivity contribution in [3.63, 3.8) is 0 Å². The molecule has 6 heteroatoms. The van der Waals surface area contributed by atoms with Gasteiger partial charge in [0.15, 0.2) is 0 Å². The van der Waals surface area contributed by atoms with Gasteiger partial charge in [0.1, 0.15) is 12.1 Å². The van der Waals surface area contributed by atoms with E-state index in [0.717, 1.165) is 5.56 Å². The number of amides is 2. The average molecular weight is 297 g/mol. The van der Waals surface area contributed by atoms with E-state index in [1.165, 1.54) is 4.90 Å². The summed E-state index contributed by atoms with van der Waals surface area (Å²) in [6, 6.07) is 5.19. The van der Waals surface area contributed by atoms with Crippen molar-refractivity contribution in [2.24, 2.45) is 0 Å². The minimum Gasteiger partial charge on any atom is -0.444 e. The third-order valence-electron chi connectivity index (χ3n) is 2.69. The maximum absolute atomic E-state index is 12.1. The van der Waals surface area contributed by atoms with Gasteiger partial charge in [0.25, 0.3) is 0 Å². The Morgan fingerprint density at radius 1 is 1.35 bits per heavy atom. The lowest BCUT2D eigenvalue weighted by atomic mass is 10.1. The molecule has 0 unspecified atom stereocenters. The number of halogens is 1. The number of nitrogens with zero attached hydrogens (tertiary/aromatic N) is 1. The minimum absolute atomic E-state index is 0.0405. The molecule has 108 valence electrons. The van der Waals surface area contributed by atoms with Crippen LogP contribution in [0.25, 0.3) is 0 Å². The fraction of sp³-hybridized carbons (Fsp3) is 0.429. The second kappa shape index (κ2) is 5.32. The van der Waals surface area contributed by atoms with Gasteiger partial charge in [0, 0.05) is 10.7 Å². The van der Waals surface area contributed by atoms with Crippen molar-refractivity contribution < 1.29 is 14.3 Å². The summed E-state index contributed by atoms with van der Waals surface area (Å²) >= 11 is 5.91. The number of benzene rings is 1. The second-order valence-electron chi connectivity index (χ2n) is 5.69. The van der Waals surface area contributed by atoms with Gasteiger partial charge in [0.2, 0.25) is 5.91 Å². The van der Waals surface area contributed by atoms with Crippen molar-refractivity contribution in [1.29, 1.82) is 0 Å². The van der Waals surface area contributed by atoms with Crippen LogP contribution < -0.4 is 5.32 Å². The Morgan fingerprint density at radius 2 is 2.05 bits per heavy atom. The summed E-state index contributed by atoms with van der Waals surface area (Å²) in [5.74, 6) is -0.267. The molecule has 1 aromatic carbocycles. The summed E-state index contributed by atoms with van der Waals surface area (Å²) in [6.45, 7) is 5.63. The van der Waals surface area contributed by atoms with E-state index in [-0.39, 0.29) is 12.5 Å². The van der Waals surface area contributed by atoms with Crippen LogP contribution in [0, 0.1) is 0 Å². The Kier molecular flexibility index (Phi) is 3.90. The quantitative estimate of drug-likeness (QED) is 0.800. The number of carbonyl (C=O) groups is 2. The van der Waals surface area contributed by atoms with Gasteiger partial charge in [0.05, 0.1) is 6.54 Å². The van der Waals surface area contributed by atoms with Crippen molar-refractivity contribution in [2.75, 3.05) is 11.9 Å². The first-order valence-electron chi connectivity index (χ1n) is 6.31. The topological polar surface area (TPSA) is 58.6 Å². The van der Waals surface area contributed by atoms with Crippen molar-refractivity contribution >= 4 is 29.3 Å². The summed E-state index contributed by atoms with van der Waals surface area (Å²) < 4.78 is 5.30. The summed E-state index contributed by atoms with van der Waals surface area (Å²) in [4.78, 5) is 25.3. The van der Waals surface area contributed by atoms with E-state index in [2.05, 4.69) is 5.32 Å². The highest BCUT2D eigenvalue weighted by Gasteiger charge is 2.27. The molecule has 1 aliphatic heterocycles. The van der Waals surface area contributed by atoms with Crippen LogP contribution in [0.15, 0.2) is 18.2 Å². The lowest BCUT2D eigenvalue weighted by Gasteiger charge is -2.25. The predicted octanol–water partition coefficient (Wildman–Crippen LogP) is 3.03. The minimum atomic E-state index is -0.595. The molecular weight excluding hydrogens is 280 g/mol. The number of nitrogens with one attached hydrogen (secondary N) is 1. The van der Waals surface area contributed by atoms with Crippen molar-refractivity contribution in [1.82, 2.24) is 4.90 Å². The number of rotatable bonds is 0. The molecule has 0 bridgehead atoms. The average Bonchev–Trinajstić information content (AvgIpc) is 2.44. The van der Waals surface area contributed by atoms with Gasteiger partial charge in [-0.3, -0.25) is 9.69 Å². The first-order valence-corrected chi connectivity index (χ1v) is 6.68. The standard InChI is InChI=1S/C14H17ClN2O3/c1-14(2,3)20-13(19)17-7-9-4-5-10(15)6-11(9)16-12(18)8-17/h4-6H,7-8H2,1-3H3,(H,16,18). The van der Waals surface area contributed by atoms with Gasteiger partial charge in [-0.15, -0.1) is 0 Å². The molecule has 5 nitrogen and oxygen atoms in total. The molecule has 2 rings (SSSR count). The van der Waals surface area contributed by atoms with Gasteiger partial charge in [-0.05, 0) is 38.5 Å². The van der Waals surface area contributed by atoms with Crippen LogP contribution in [0.3, 0.4) is 0 Å². The molecular formula is C14H17ClN2O3. The Morgan fingerprint density at radius 3 is 2.70 bits per heavy atom. The molecule has 20 heavy (non-hydrogen) atoms. The fourth-order valence-electron chi connectivity index (χ4n) is 1.88. The van der Waals surface area contributed by atoms with Gasteiger partial charge in [-0.2, -0.15) is 0 Å². The molecule has 0 fully saturated rings.